The van der Waals surface area contributed by atoms with E-state index in [0.29, 0.717) is 0 Å². The molecule has 0 aromatic rings. The quantitative estimate of drug-likeness (QED) is 0.618. The molecule has 0 bridgehead atoms. The standard InChI is InChI=1S/C9H18O6/c1-12-4-5-8(13-2)6(10)7(11)9(14-3)15-5/h5-11H,4H2,1-3H3/t5-,6-,7-,8+,9-/m1/s1. The zero-order chi connectivity index (χ0) is 11.4. The minimum absolute atomic E-state index is 0.266. The molecule has 0 aliphatic carbocycles. The van der Waals surface area contributed by atoms with Gasteiger partial charge in [0, 0.05) is 21.3 Å². The average molecular weight is 222 g/mol. The SMILES string of the molecule is COC[C@H]1O[C@@H](OC)[C@H](O)[C@@H](O)[C@H]1OC. The summed E-state index contributed by atoms with van der Waals surface area (Å²) in [6.45, 7) is 0.266. The van der Waals surface area contributed by atoms with E-state index in [4.69, 9.17) is 18.9 Å². The van der Waals surface area contributed by atoms with Crippen molar-refractivity contribution in [3.05, 3.63) is 0 Å². The molecule has 1 saturated heterocycles. The lowest BCUT2D eigenvalue weighted by atomic mass is 9.99. The smallest absolute Gasteiger partial charge is 0.186 e. The van der Waals surface area contributed by atoms with E-state index in [2.05, 4.69) is 0 Å². The molecule has 2 N–H and O–H groups in total. The number of rotatable bonds is 4. The highest BCUT2D eigenvalue weighted by atomic mass is 16.7. The van der Waals surface area contributed by atoms with Gasteiger partial charge in [-0.3, -0.25) is 0 Å². The highest BCUT2D eigenvalue weighted by Crippen LogP contribution is 2.23. The molecule has 0 amide bonds. The summed E-state index contributed by atoms with van der Waals surface area (Å²) in [7, 11) is 4.37. The van der Waals surface area contributed by atoms with Crippen molar-refractivity contribution in [2.75, 3.05) is 27.9 Å². The van der Waals surface area contributed by atoms with E-state index in [9.17, 15) is 10.2 Å². The summed E-state index contributed by atoms with van der Waals surface area (Å²) < 4.78 is 20.3. The number of hydrogen-bond donors (Lipinski definition) is 2. The lowest BCUT2D eigenvalue weighted by Gasteiger charge is -2.41. The van der Waals surface area contributed by atoms with Gasteiger partial charge in [0.25, 0.3) is 0 Å². The highest BCUT2D eigenvalue weighted by Gasteiger charge is 2.44. The van der Waals surface area contributed by atoms with Crippen LogP contribution in [0.1, 0.15) is 0 Å². The monoisotopic (exact) mass is 222 g/mol. The van der Waals surface area contributed by atoms with Gasteiger partial charge in [0.05, 0.1) is 6.61 Å². The molecule has 0 radical (unpaired) electrons. The summed E-state index contributed by atoms with van der Waals surface area (Å²) in [4.78, 5) is 0. The second-order valence-electron chi connectivity index (χ2n) is 3.42. The van der Waals surface area contributed by atoms with E-state index in [-0.39, 0.29) is 6.61 Å². The number of aliphatic hydroxyl groups excluding tert-OH is 2. The summed E-state index contributed by atoms with van der Waals surface area (Å²) in [6, 6.07) is 0. The van der Waals surface area contributed by atoms with E-state index < -0.39 is 30.7 Å². The Kier molecular flexibility index (Phi) is 4.91. The Hall–Kier alpha value is -0.240. The maximum absolute atomic E-state index is 9.75. The molecule has 0 unspecified atom stereocenters. The molecule has 0 aromatic heterocycles. The van der Waals surface area contributed by atoms with Crippen LogP contribution in [0, 0.1) is 0 Å². The molecule has 0 aromatic carbocycles. The van der Waals surface area contributed by atoms with Crippen LogP contribution in [-0.4, -0.2) is 68.9 Å². The minimum Gasteiger partial charge on any atom is -0.387 e. The number of ether oxygens (including phenoxy) is 4. The summed E-state index contributed by atoms with van der Waals surface area (Å²) in [5.74, 6) is 0. The zero-order valence-electron chi connectivity index (χ0n) is 9.12. The van der Waals surface area contributed by atoms with Crippen molar-refractivity contribution in [1.29, 1.82) is 0 Å². The number of methoxy groups -OCH3 is 3. The van der Waals surface area contributed by atoms with Gasteiger partial charge in [-0.15, -0.1) is 0 Å². The lowest BCUT2D eigenvalue weighted by Crippen LogP contribution is -2.59. The van der Waals surface area contributed by atoms with Crippen molar-refractivity contribution in [2.45, 2.75) is 30.7 Å². The van der Waals surface area contributed by atoms with Gasteiger partial charge in [-0.25, -0.2) is 0 Å². The Balaban J connectivity index is 2.70. The van der Waals surface area contributed by atoms with Crippen molar-refractivity contribution in [2.24, 2.45) is 0 Å². The Morgan fingerprint density at radius 2 is 1.73 bits per heavy atom. The maximum Gasteiger partial charge on any atom is 0.186 e. The molecule has 1 aliphatic heterocycles. The van der Waals surface area contributed by atoms with E-state index in [1.807, 2.05) is 0 Å². The predicted octanol–water partition coefficient (Wildman–Crippen LogP) is -1.26. The Bertz CT molecular complexity index is 187. The fourth-order valence-electron chi connectivity index (χ4n) is 1.69. The van der Waals surface area contributed by atoms with Crippen molar-refractivity contribution in [1.82, 2.24) is 0 Å². The molecule has 90 valence electrons. The maximum atomic E-state index is 9.75. The van der Waals surface area contributed by atoms with Gasteiger partial charge in [-0.2, -0.15) is 0 Å². The highest BCUT2D eigenvalue weighted by molar-refractivity contribution is 4.89. The lowest BCUT2D eigenvalue weighted by molar-refractivity contribution is -0.299. The Labute approximate surface area is 88.7 Å². The van der Waals surface area contributed by atoms with E-state index in [1.165, 1.54) is 21.3 Å². The summed E-state index contributed by atoms with van der Waals surface area (Å²) in [6.07, 6.45) is -4.09. The second kappa shape index (κ2) is 5.74. The fourth-order valence-corrected chi connectivity index (χ4v) is 1.69. The first-order chi connectivity index (χ1) is 7.15. The van der Waals surface area contributed by atoms with Crippen LogP contribution < -0.4 is 0 Å². The van der Waals surface area contributed by atoms with Crippen LogP contribution in [0.5, 0.6) is 0 Å². The first kappa shape index (κ1) is 12.8. The van der Waals surface area contributed by atoms with Crippen LogP contribution >= 0.6 is 0 Å². The second-order valence-corrected chi connectivity index (χ2v) is 3.42. The van der Waals surface area contributed by atoms with Gasteiger partial charge < -0.3 is 29.2 Å². The van der Waals surface area contributed by atoms with Gasteiger partial charge in [0.2, 0.25) is 0 Å². The number of hydrogen-bond acceptors (Lipinski definition) is 6. The molecule has 1 fully saturated rings. The molecule has 0 saturated carbocycles. The predicted molar refractivity (Wildman–Crippen MR) is 50.4 cm³/mol. The van der Waals surface area contributed by atoms with Gasteiger partial charge in [0.1, 0.15) is 24.4 Å². The zero-order valence-corrected chi connectivity index (χ0v) is 9.12. The Morgan fingerprint density at radius 1 is 1.07 bits per heavy atom. The van der Waals surface area contributed by atoms with Crippen LogP contribution in [0.4, 0.5) is 0 Å². The largest absolute Gasteiger partial charge is 0.387 e. The van der Waals surface area contributed by atoms with E-state index >= 15 is 0 Å². The number of aliphatic hydroxyl groups is 2. The van der Waals surface area contributed by atoms with Crippen molar-refractivity contribution >= 4 is 0 Å². The van der Waals surface area contributed by atoms with Gasteiger partial charge in [0.15, 0.2) is 6.29 Å². The van der Waals surface area contributed by atoms with E-state index in [1.54, 1.807) is 0 Å². The van der Waals surface area contributed by atoms with Crippen LogP contribution in [0.2, 0.25) is 0 Å². The topological polar surface area (TPSA) is 77.4 Å². The van der Waals surface area contributed by atoms with Crippen molar-refractivity contribution in [3.8, 4) is 0 Å². The van der Waals surface area contributed by atoms with Crippen molar-refractivity contribution < 1.29 is 29.2 Å². The summed E-state index contributed by atoms with van der Waals surface area (Å²) in [5, 5.41) is 19.3. The molecule has 0 spiro atoms. The fraction of sp³-hybridized carbons (Fsp3) is 1.00. The van der Waals surface area contributed by atoms with Crippen LogP contribution in [0.25, 0.3) is 0 Å². The third-order valence-corrected chi connectivity index (χ3v) is 2.48. The molecule has 1 rings (SSSR count). The molecule has 1 heterocycles. The third-order valence-electron chi connectivity index (χ3n) is 2.48. The molecule has 6 heteroatoms. The average Bonchev–Trinajstić information content (AvgIpc) is 2.24. The van der Waals surface area contributed by atoms with Crippen LogP contribution in [0.15, 0.2) is 0 Å². The van der Waals surface area contributed by atoms with Gasteiger partial charge in [-0.1, -0.05) is 0 Å². The molecular weight excluding hydrogens is 204 g/mol. The Morgan fingerprint density at radius 3 is 2.20 bits per heavy atom. The van der Waals surface area contributed by atoms with Crippen LogP contribution in [-0.2, 0) is 18.9 Å². The molecule has 15 heavy (non-hydrogen) atoms. The first-order valence-electron chi connectivity index (χ1n) is 4.71. The molecular formula is C9H18O6. The summed E-state index contributed by atoms with van der Waals surface area (Å²) in [5.41, 5.74) is 0. The van der Waals surface area contributed by atoms with E-state index in [0.717, 1.165) is 0 Å². The third kappa shape index (κ3) is 2.66. The van der Waals surface area contributed by atoms with Crippen molar-refractivity contribution in [3.63, 3.8) is 0 Å². The van der Waals surface area contributed by atoms with Gasteiger partial charge in [-0.05, 0) is 0 Å². The van der Waals surface area contributed by atoms with Crippen LogP contribution in [0.3, 0.4) is 0 Å². The molecule has 6 nitrogen and oxygen atoms in total. The molecule has 5 atom stereocenters. The molecule has 1 aliphatic rings. The normalized spacial score (nSPS) is 41.8. The van der Waals surface area contributed by atoms with Gasteiger partial charge >= 0.3 is 0 Å². The minimum atomic E-state index is -1.12. The first-order valence-corrected chi connectivity index (χ1v) is 4.71. The summed E-state index contributed by atoms with van der Waals surface area (Å²) >= 11 is 0.